The molecule has 0 rings (SSSR count). The van der Waals surface area contributed by atoms with E-state index in [1.54, 1.807) is 0 Å². The number of unbranched alkanes of at least 4 members (excludes halogenated alkanes) is 12. The summed E-state index contributed by atoms with van der Waals surface area (Å²) in [6, 6.07) is 0. The van der Waals surface area contributed by atoms with Gasteiger partial charge in [-0.05, 0) is 116 Å². The maximum atomic E-state index is 12.8. The van der Waals surface area contributed by atoms with Crippen LogP contribution in [0.25, 0.3) is 0 Å². The van der Waals surface area contributed by atoms with Gasteiger partial charge in [-0.1, -0.05) is 21.6 Å². The van der Waals surface area contributed by atoms with Crippen LogP contribution < -0.4 is 0 Å². The molecule has 21 heteroatoms. The van der Waals surface area contributed by atoms with Gasteiger partial charge in [0.15, 0.2) is 0 Å². The van der Waals surface area contributed by atoms with E-state index in [1.165, 1.54) is 0 Å². The normalized spacial score (nSPS) is 12.4. The van der Waals surface area contributed by atoms with Crippen LogP contribution in [0.2, 0.25) is 0 Å². The van der Waals surface area contributed by atoms with Gasteiger partial charge in [0.2, 0.25) is 0 Å². The van der Waals surface area contributed by atoms with E-state index in [9.17, 15) is 28.8 Å². The molecule has 0 amide bonds. The monoisotopic (exact) mass is 973 g/mol. The first-order valence-corrected chi connectivity index (χ1v) is 24.9. The standard InChI is InChI=1S/C28H50O12S2.C14H26O6S.2H2/c29-13-5-1-9-17-37-25(33)21-23(27(35)39-19-11-3-7-15-31)41-42-24(28(36)40-20-12-4-8-16-32)22-26(34)38-18-10-2-6-14-30;15-7-3-1-5-9-19-13(17)11-12(21)14(18)20-10-6-2-4-8-16;;/h23-24,29-32H,1-22H2;12,15-16,21H,1-11H2;2*1H/i;;1+2D;1+2. The molecule has 0 radical (unpaired) electrons. The van der Waals surface area contributed by atoms with Gasteiger partial charge in [-0.15, -0.1) is 0 Å². The van der Waals surface area contributed by atoms with Crippen LogP contribution in [0.1, 0.15) is 139 Å². The fourth-order valence-electron chi connectivity index (χ4n) is 4.87. The van der Waals surface area contributed by atoms with E-state index < -0.39 is 51.6 Å². The number of ether oxygens (including phenoxy) is 6. The molecule has 63 heavy (non-hydrogen) atoms. The van der Waals surface area contributed by atoms with Gasteiger partial charge in [-0.3, -0.25) is 28.8 Å². The summed E-state index contributed by atoms with van der Waals surface area (Å²) in [6.07, 6.45) is 10.9. The van der Waals surface area contributed by atoms with Crippen LogP contribution in [0.5, 0.6) is 0 Å². The highest BCUT2D eigenvalue weighted by atomic mass is 33.1. The van der Waals surface area contributed by atoms with Crippen molar-refractivity contribution in [1.82, 2.24) is 0 Å². The lowest BCUT2D eigenvalue weighted by Gasteiger charge is -2.19. The quantitative estimate of drug-likeness (QED) is 0.0148. The highest BCUT2D eigenvalue weighted by Gasteiger charge is 2.31. The van der Waals surface area contributed by atoms with Crippen LogP contribution in [0.4, 0.5) is 0 Å². The van der Waals surface area contributed by atoms with E-state index >= 15 is 0 Å². The van der Waals surface area contributed by atoms with Crippen molar-refractivity contribution in [2.45, 2.75) is 151 Å². The van der Waals surface area contributed by atoms with E-state index in [2.05, 4.69) is 12.6 Å². The van der Waals surface area contributed by atoms with Crippen molar-refractivity contribution in [3.63, 3.8) is 0 Å². The number of aliphatic hydroxyl groups is 6. The van der Waals surface area contributed by atoms with Crippen molar-refractivity contribution >= 4 is 70.0 Å². The Balaban J connectivity index is -0.000000672. The zero-order chi connectivity index (χ0) is 49.2. The van der Waals surface area contributed by atoms with Gasteiger partial charge in [0.25, 0.3) is 0 Å². The molecule has 0 saturated heterocycles. The number of carbonyl (C=O) groups is 6. The Morgan fingerprint density at radius 3 is 0.889 bits per heavy atom. The third kappa shape index (κ3) is 42.0. The minimum absolute atomic E-state index is 0. The molecular formula is C42H80O18S3. The van der Waals surface area contributed by atoms with Crippen molar-refractivity contribution in [2.75, 3.05) is 79.3 Å². The summed E-state index contributed by atoms with van der Waals surface area (Å²) in [5.74, 6) is -3.54. The Morgan fingerprint density at radius 2 is 0.619 bits per heavy atom. The van der Waals surface area contributed by atoms with E-state index in [0.717, 1.165) is 34.4 Å². The number of aliphatic hydroxyl groups excluding tert-OH is 6. The minimum atomic E-state index is -1.01. The molecule has 6 N–H and O–H groups in total. The Kier molecular flexibility index (Phi) is 45.8. The summed E-state index contributed by atoms with van der Waals surface area (Å²) < 4.78 is 41.1. The molecular weight excluding hydrogens is 889 g/mol. The molecule has 0 fully saturated rings. The maximum Gasteiger partial charge on any atom is 0.320 e. The second-order valence-corrected chi connectivity index (χ2v) is 17.5. The molecule has 0 saturated carbocycles. The molecule has 0 aliphatic carbocycles. The Bertz CT molecular complexity index is 1110. The Morgan fingerprint density at radius 1 is 0.381 bits per heavy atom. The predicted molar refractivity (Wildman–Crippen MR) is 245 cm³/mol. The van der Waals surface area contributed by atoms with E-state index in [1.807, 2.05) is 0 Å². The first kappa shape index (κ1) is 60.6. The summed E-state index contributed by atoms with van der Waals surface area (Å²) in [5, 5.41) is 49.9. The summed E-state index contributed by atoms with van der Waals surface area (Å²) >= 11 is 4.04. The van der Waals surface area contributed by atoms with E-state index in [-0.39, 0.29) is 100.0 Å². The average Bonchev–Trinajstić information content (AvgIpc) is 3.30. The summed E-state index contributed by atoms with van der Waals surface area (Å²) in [5.41, 5.74) is 0. The summed E-state index contributed by atoms with van der Waals surface area (Å²) in [7, 11) is 1.87. The van der Waals surface area contributed by atoms with Crippen molar-refractivity contribution in [3.05, 3.63) is 0 Å². The van der Waals surface area contributed by atoms with Crippen LogP contribution in [0.15, 0.2) is 0 Å². The molecule has 0 aliphatic heterocycles. The third-order valence-electron chi connectivity index (χ3n) is 8.49. The highest BCUT2D eigenvalue weighted by molar-refractivity contribution is 8.77. The topological polar surface area (TPSA) is 279 Å². The maximum absolute atomic E-state index is 12.8. The van der Waals surface area contributed by atoms with Gasteiger partial charge in [0.1, 0.15) is 15.7 Å². The molecule has 0 spiro atoms. The van der Waals surface area contributed by atoms with Crippen LogP contribution >= 0.6 is 34.2 Å². The van der Waals surface area contributed by atoms with Gasteiger partial charge >= 0.3 is 35.8 Å². The number of rotatable bonds is 42. The molecule has 0 heterocycles. The molecule has 0 aromatic carbocycles. The van der Waals surface area contributed by atoms with Crippen molar-refractivity contribution in [1.29, 1.82) is 0 Å². The smallest absolute Gasteiger partial charge is 0.320 e. The number of hydrogen-bond donors (Lipinski definition) is 7. The minimum Gasteiger partial charge on any atom is -0.466 e. The molecule has 0 aromatic heterocycles. The van der Waals surface area contributed by atoms with Gasteiger partial charge in [-0.2, -0.15) is 12.6 Å². The lowest BCUT2D eigenvalue weighted by atomic mass is 10.2. The molecule has 3 unspecified atom stereocenters. The third-order valence-corrected chi connectivity index (χ3v) is 11.9. The van der Waals surface area contributed by atoms with E-state index in [4.69, 9.17) is 62.0 Å². The fourth-order valence-corrected chi connectivity index (χ4v) is 7.75. The molecule has 18 nitrogen and oxygen atoms in total. The molecule has 3 atom stereocenters. The second-order valence-electron chi connectivity index (χ2n) is 14.2. The Hall–Kier alpha value is -2.37. The summed E-state index contributed by atoms with van der Waals surface area (Å²) in [4.78, 5) is 73.6. The lowest BCUT2D eigenvalue weighted by Crippen LogP contribution is -2.27. The fraction of sp³-hybridized carbons (Fsp3) is 0.857. The SMILES string of the molecule is O=C(CC(S)C(=O)OCCCCCO)OCCCCCO.O=C(CC(SSC(CC(=O)OCCCCCO)C(=O)OCCCCCO)C(=O)OCCCCCO)OCCCCCO.[2H][3H].[3HH]. The summed E-state index contributed by atoms with van der Waals surface area (Å²) in [6.45, 7) is 1.52. The zero-order valence-corrected chi connectivity index (χ0v) is 39.4. The Labute approximate surface area is 390 Å². The zero-order valence-electron chi connectivity index (χ0n) is 38.9. The number of carbonyl (C=O) groups excluding carboxylic acids is 6. The van der Waals surface area contributed by atoms with Crippen LogP contribution in [-0.4, -0.2) is 161 Å². The first-order valence-electron chi connectivity index (χ1n) is 23.1. The van der Waals surface area contributed by atoms with Gasteiger partial charge in [0, 0.05) is 44.0 Å². The van der Waals surface area contributed by atoms with Gasteiger partial charge in [-0.25, -0.2) is 0 Å². The molecule has 0 bridgehead atoms. The number of esters is 6. The highest BCUT2D eigenvalue weighted by Crippen LogP contribution is 2.36. The van der Waals surface area contributed by atoms with Crippen LogP contribution in [0, 0.1) is 0 Å². The average molecular weight is 974 g/mol. The number of thiol groups is 1. The van der Waals surface area contributed by atoms with Crippen LogP contribution in [0.3, 0.4) is 0 Å². The molecule has 0 aromatic rings. The largest absolute Gasteiger partial charge is 0.466 e. The number of hydrogen-bond acceptors (Lipinski definition) is 21. The van der Waals surface area contributed by atoms with Crippen LogP contribution in [-0.2, 0) is 57.2 Å². The van der Waals surface area contributed by atoms with Gasteiger partial charge < -0.3 is 59.1 Å². The second kappa shape index (κ2) is 47.6. The predicted octanol–water partition coefficient (Wildman–Crippen LogP) is 4.29. The lowest BCUT2D eigenvalue weighted by molar-refractivity contribution is -0.150. The molecule has 0 aliphatic rings. The van der Waals surface area contributed by atoms with Crippen molar-refractivity contribution in [2.24, 2.45) is 0 Å². The molecule has 374 valence electrons. The van der Waals surface area contributed by atoms with E-state index in [0.29, 0.717) is 103 Å². The van der Waals surface area contributed by atoms with Crippen molar-refractivity contribution < 1.29 is 92.2 Å². The van der Waals surface area contributed by atoms with Crippen molar-refractivity contribution in [3.8, 4) is 0 Å². The van der Waals surface area contributed by atoms with Gasteiger partial charge in [0.05, 0.1) is 58.9 Å². The first-order chi connectivity index (χ1) is 31.5.